The van der Waals surface area contributed by atoms with Crippen LogP contribution in [-0.4, -0.2) is 58.9 Å². The number of hydrogen-bond acceptors (Lipinski definition) is 4. The second kappa shape index (κ2) is 6.20. The molecular weight excluding hydrogens is 310 g/mol. The van der Waals surface area contributed by atoms with Gasteiger partial charge in [0.2, 0.25) is 11.9 Å². The van der Waals surface area contributed by atoms with E-state index < -0.39 is 6.04 Å². The van der Waals surface area contributed by atoms with E-state index >= 15 is 0 Å². The van der Waals surface area contributed by atoms with Crippen molar-refractivity contribution in [3.63, 3.8) is 0 Å². The van der Waals surface area contributed by atoms with E-state index in [1.54, 1.807) is 13.1 Å². The summed E-state index contributed by atoms with van der Waals surface area (Å²) in [6, 6.07) is -0.971. The van der Waals surface area contributed by atoms with Gasteiger partial charge in [0.25, 0.3) is 5.91 Å². The number of fused-ring (bicyclic) bond motifs is 3. The largest absolute Gasteiger partial charge is 0.402 e. The highest BCUT2D eigenvalue weighted by Crippen LogP contribution is 2.28. The Morgan fingerprint density at radius 2 is 2.21 bits per heavy atom. The Morgan fingerprint density at radius 1 is 1.46 bits per heavy atom. The average Bonchev–Trinajstić information content (AvgIpc) is 3.06. The lowest BCUT2D eigenvalue weighted by molar-refractivity contribution is -0.677. The molecule has 1 aromatic rings. The maximum atomic E-state index is 12.9. The number of amides is 3. The number of allylic oxidation sites excluding steroid dienone is 1. The lowest BCUT2D eigenvalue weighted by atomic mass is 10.1. The number of aromatic nitrogens is 2. The SMILES string of the molecule is C=CCn1c(C)c[n+]2c1N=C1C2C(=O)N(CCOCC)C(=O)N1C. The number of carbonyl (C=O) groups excluding carboxylic acids is 2. The standard InChI is InChI=1S/C16H22N5O3/c1-5-7-19-11(3)10-21-12-13(17-15(19)21)18(4)16(23)20(14(12)22)8-9-24-6-2/h5,10,12H,1,6-9H2,2-4H3/q+1. The molecule has 1 fully saturated rings. The molecule has 1 aromatic heterocycles. The Labute approximate surface area is 140 Å². The van der Waals surface area contributed by atoms with Gasteiger partial charge in [-0.15, -0.1) is 0 Å². The molecule has 1 unspecified atom stereocenters. The monoisotopic (exact) mass is 332 g/mol. The van der Waals surface area contributed by atoms with E-state index in [1.165, 1.54) is 9.80 Å². The second-order valence-electron chi connectivity index (χ2n) is 5.78. The van der Waals surface area contributed by atoms with E-state index in [1.807, 2.05) is 29.2 Å². The van der Waals surface area contributed by atoms with Crippen LogP contribution in [0.25, 0.3) is 0 Å². The summed E-state index contributed by atoms with van der Waals surface area (Å²) in [6.45, 7) is 9.30. The fourth-order valence-corrected chi connectivity index (χ4v) is 3.09. The van der Waals surface area contributed by atoms with Gasteiger partial charge in [-0.1, -0.05) is 17.6 Å². The van der Waals surface area contributed by atoms with Gasteiger partial charge in [-0.25, -0.2) is 13.9 Å². The molecule has 0 spiro atoms. The number of rotatable bonds is 6. The van der Waals surface area contributed by atoms with Crippen LogP contribution < -0.4 is 4.57 Å². The van der Waals surface area contributed by atoms with Crippen LogP contribution in [-0.2, 0) is 16.1 Å². The van der Waals surface area contributed by atoms with Crippen LogP contribution in [0.4, 0.5) is 10.7 Å². The third-order valence-electron chi connectivity index (χ3n) is 4.30. The molecule has 2 aliphatic heterocycles. The van der Waals surface area contributed by atoms with Gasteiger partial charge in [-0.05, 0) is 13.8 Å². The van der Waals surface area contributed by atoms with E-state index in [9.17, 15) is 9.59 Å². The minimum absolute atomic E-state index is 0.238. The van der Waals surface area contributed by atoms with Crippen LogP contribution in [0.3, 0.4) is 0 Å². The highest BCUT2D eigenvalue weighted by atomic mass is 16.5. The molecule has 3 heterocycles. The minimum Gasteiger partial charge on any atom is -0.380 e. The first-order valence-corrected chi connectivity index (χ1v) is 7.98. The average molecular weight is 332 g/mol. The predicted octanol–water partition coefficient (Wildman–Crippen LogP) is 0.785. The van der Waals surface area contributed by atoms with Crippen molar-refractivity contribution >= 4 is 23.7 Å². The molecule has 1 atom stereocenters. The molecule has 2 aliphatic rings. The van der Waals surface area contributed by atoms with Crippen LogP contribution in [0.5, 0.6) is 0 Å². The molecule has 128 valence electrons. The number of likely N-dealkylation sites (N-methyl/N-ethyl adjacent to an activating group) is 1. The van der Waals surface area contributed by atoms with Gasteiger partial charge in [-0.2, -0.15) is 0 Å². The van der Waals surface area contributed by atoms with Crippen molar-refractivity contribution in [3.05, 3.63) is 24.5 Å². The first kappa shape index (κ1) is 16.4. The van der Waals surface area contributed by atoms with Crippen molar-refractivity contribution in [2.45, 2.75) is 26.4 Å². The summed E-state index contributed by atoms with van der Waals surface area (Å²) >= 11 is 0. The number of nitrogens with zero attached hydrogens (tertiary/aromatic N) is 5. The Kier molecular flexibility index (Phi) is 4.23. The summed E-state index contributed by atoms with van der Waals surface area (Å²) in [7, 11) is 1.64. The first-order chi connectivity index (χ1) is 11.5. The van der Waals surface area contributed by atoms with Crippen LogP contribution in [0.2, 0.25) is 0 Å². The number of imidazole rings is 1. The van der Waals surface area contributed by atoms with Gasteiger partial charge < -0.3 is 4.74 Å². The summed E-state index contributed by atoms with van der Waals surface area (Å²) in [5, 5.41) is 0. The van der Waals surface area contributed by atoms with E-state index in [2.05, 4.69) is 11.6 Å². The molecule has 8 heteroatoms. The predicted molar refractivity (Wildman–Crippen MR) is 87.1 cm³/mol. The third-order valence-corrected chi connectivity index (χ3v) is 4.30. The van der Waals surface area contributed by atoms with Gasteiger partial charge in [0.05, 0.1) is 19.7 Å². The van der Waals surface area contributed by atoms with Crippen LogP contribution in [0, 0.1) is 6.92 Å². The zero-order chi connectivity index (χ0) is 17.4. The quantitative estimate of drug-likeness (QED) is 0.439. The lowest BCUT2D eigenvalue weighted by Gasteiger charge is -2.32. The zero-order valence-electron chi connectivity index (χ0n) is 14.2. The van der Waals surface area contributed by atoms with E-state index in [-0.39, 0.29) is 18.5 Å². The molecule has 0 saturated carbocycles. The van der Waals surface area contributed by atoms with Gasteiger partial charge >= 0.3 is 12.0 Å². The number of carbonyl (C=O) groups is 2. The molecule has 1 saturated heterocycles. The maximum Gasteiger partial charge on any atom is 0.402 e. The van der Waals surface area contributed by atoms with Crippen LogP contribution in [0.15, 0.2) is 23.8 Å². The van der Waals surface area contributed by atoms with Crippen molar-refractivity contribution in [2.75, 3.05) is 26.8 Å². The van der Waals surface area contributed by atoms with E-state index in [0.717, 1.165) is 5.69 Å². The lowest BCUT2D eigenvalue weighted by Crippen LogP contribution is -2.63. The summed E-state index contributed by atoms with van der Waals surface area (Å²) < 4.78 is 9.08. The Bertz CT molecular complexity index is 736. The summed E-state index contributed by atoms with van der Waals surface area (Å²) in [4.78, 5) is 32.6. The molecular formula is C16H22N5O3+. The van der Waals surface area contributed by atoms with Crippen LogP contribution in [0.1, 0.15) is 18.7 Å². The number of aliphatic imine (C=N–C) groups is 1. The maximum absolute atomic E-state index is 12.9. The molecule has 0 aromatic carbocycles. The topological polar surface area (TPSA) is 71.0 Å². The molecule has 3 rings (SSSR count). The van der Waals surface area contributed by atoms with Crippen molar-refractivity contribution in [1.82, 2.24) is 14.4 Å². The Hall–Kier alpha value is -2.48. The highest BCUT2D eigenvalue weighted by molar-refractivity contribution is 6.19. The fourth-order valence-electron chi connectivity index (χ4n) is 3.09. The molecule has 0 N–H and O–H groups in total. The summed E-state index contributed by atoms with van der Waals surface area (Å²) in [5.41, 5.74) is 0.987. The molecule has 0 bridgehead atoms. The van der Waals surface area contributed by atoms with Crippen molar-refractivity contribution in [2.24, 2.45) is 4.99 Å². The van der Waals surface area contributed by atoms with E-state index in [4.69, 9.17) is 4.74 Å². The molecule has 24 heavy (non-hydrogen) atoms. The number of amidine groups is 1. The highest BCUT2D eigenvalue weighted by Gasteiger charge is 2.52. The van der Waals surface area contributed by atoms with Gasteiger partial charge in [0.15, 0.2) is 0 Å². The Morgan fingerprint density at radius 3 is 2.88 bits per heavy atom. The van der Waals surface area contributed by atoms with Gasteiger partial charge in [-0.3, -0.25) is 14.6 Å². The first-order valence-electron chi connectivity index (χ1n) is 7.98. The third kappa shape index (κ3) is 2.34. The van der Waals surface area contributed by atoms with Crippen LogP contribution >= 0.6 is 0 Å². The molecule has 8 nitrogen and oxygen atoms in total. The van der Waals surface area contributed by atoms with Gasteiger partial charge in [0.1, 0.15) is 11.9 Å². The molecule has 0 aliphatic carbocycles. The second-order valence-corrected chi connectivity index (χ2v) is 5.78. The zero-order valence-corrected chi connectivity index (χ0v) is 14.2. The smallest absolute Gasteiger partial charge is 0.380 e. The molecule has 0 radical (unpaired) electrons. The minimum atomic E-state index is -0.603. The number of imide groups is 1. The number of hydrogen-bond donors (Lipinski definition) is 0. The number of urea groups is 1. The number of aryl methyl sites for hydroxylation is 1. The van der Waals surface area contributed by atoms with E-state index in [0.29, 0.717) is 31.5 Å². The molecule has 3 amide bonds. The van der Waals surface area contributed by atoms with Crippen molar-refractivity contribution < 1.29 is 18.9 Å². The van der Waals surface area contributed by atoms with Crippen molar-refractivity contribution in [3.8, 4) is 0 Å². The summed E-state index contributed by atoms with van der Waals surface area (Å²) in [5.74, 6) is 0.855. The Balaban J connectivity index is 1.97. The fraction of sp³-hybridized carbons (Fsp3) is 0.500. The summed E-state index contributed by atoms with van der Waals surface area (Å²) in [6.07, 6.45) is 3.67. The number of ether oxygens (including phenoxy) is 1. The van der Waals surface area contributed by atoms with Gasteiger partial charge in [0, 0.05) is 13.7 Å². The normalized spacial score (nSPS) is 19.5. The van der Waals surface area contributed by atoms with Crippen molar-refractivity contribution in [1.29, 1.82) is 0 Å².